The Labute approximate surface area is 125 Å². The Hall–Kier alpha value is -1.39. The van der Waals surface area contributed by atoms with Crippen LogP contribution in [0, 0.1) is 0 Å². The molecule has 0 unspecified atom stereocenters. The van der Waals surface area contributed by atoms with E-state index in [4.69, 9.17) is 23.1 Å². The summed E-state index contributed by atoms with van der Waals surface area (Å²) in [7, 11) is -3.57. The monoisotopic (exact) mass is 341 g/mol. The van der Waals surface area contributed by atoms with Crippen molar-refractivity contribution in [3.63, 3.8) is 0 Å². The Morgan fingerprint density at radius 3 is 2.43 bits per heavy atom. The second kappa shape index (κ2) is 6.58. The van der Waals surface area contributed by atoms with E-state index in [1.807, 2.05) is 0 Å². The molecule has 0 atom stereocenters. The number of nitrogens with two attached hydrogens (primary N) is 2. The number of halogens is 3. The molecule has 5 nitrogen and oxygen atoms in total. The third-order valence-electron chi connectivity index (χ3n) is 2.53. The number of sulfonamides is 1. The van der Waals surface area contributed by atoms with E-state index >= 15 is 0 Å². The van der Waals surface area contributed by atoms with E-state index in [1.54, 1.807) is 0 Å². The van der Waals surface area contributed by atoms with Crippen molar-refractivity contribution in [1.82, 2.24) is 0 Å². The van der Waals surface area contributed by atoms with Crippen molar-refractivity contribution in [2.24, 2.45) is 10.9 Å². The van der Waals surface area contributed by atoms with Gasteiger partial charge in [-0.2, -0.15) is 13.2 Å². The van der Waals surface area contributed by atoms with Crippen LogP contribution in [0.25, 0.3) is 0 Å². The minimum atomic E-state index is -4.49. The Morgan fingerprint density at radius 1 is 1.33 bits per heavy atom. The molecule has 0 saturated carbocycles. The summed E-state index contributed by atoms with van der Waals surface area (Å²) < 4.78 is 59.4. The predicted molar refractivity (Wildman–Crippen MR) is 78.4 cm³/mol. The average molecular weight is 341 g/mol. The maximum absolute atomic E-state index is 12.6. The van der Waals surface area contributed by atoms with Gasteiger partial charge in [-0.1, -0.05) is 12.2 Å². The topological polar surface area (TPSA) is 98.2 Å². The quantitative estimate of drug-likeness (QED) is 0.537. The van der Waals surface area contributed by atoms with Crippen LogP contribution in [-0.4, -0.2) is 25.7 Å². The molecule has 0 amide bonds. The molecule has 0 spiro atoms. The maximum atomic E-state index is 12.6. The summed E-state index contributed by atoms with van der Waals surface area (Å²) in [5.41, 5.74) is 4.91. The zero-order chi connectivity index (χ0) is 16.3. The lowest BCUT2D eigenvalue weighted by Gasteiger charge is -2.14. The standard InChI is InChI=1S/C11H14F3N3O2S2/c12-11(13,14)7-2-3-9(8(6-7)10(15)20)17-4-1-5-21(16,18)19/h2-3,6,17H,1,4-5H2,(H2,15,20)(H2,16,18,19). The van der Waals surface area contributed by atoms with Crippen LogP contribution in [-0.2, 0) is 16.2 Å². The van der Waals surface area contributed by atoms with Crippen molar-refractivity contribution in [2.75, 3.05) is 17.6 Å². The normalized spacial score (nSPS) is 12.2. The van der Waals surface area contributed by atoms with Crippen LogP contribution in [0.5, 0.6) is 0 Å². The fourth-order valence-electron chi connectivity index (χ4n) is 1.58. The first-order valence-corrected chi connectivity index (χ1v) is 7.88. The van der Waals surface area contributed by atoms with Gasteiger partial charge in [-0.3, -0.25) is 0 Å². The summed E-state index contributed by atoms with van der Waals surface area (Å²) in [4.78, 5) is -0.185. The highest BCUT2D eigenvalue weighted by molar-refractivity contribution is 7.89. The summed E-state index contributed by atoms with van der Waals surface area (Å²) in [6.45, 7) is 0.206. The molecular formula is C11H14F3N3O2S2. The molecular weight excluding hydrogens is 327 g/mol. The van der Waals surface area contributed by atoms with E-state index < -0.39 is 21.8 Å². The summed E-state index contributed by atoms with van der Waals surface area (Å²) in [6.07, 6.45) is -4.29. The van der Waals surface area contributed by atoms with Gasteiger partial charge < -0.3 is 11.1 Å². The van der Waals surface area contributed by atoms with Crippen molar-refractivity contribution < 1.29 is 21.6 Å². The van der Waals surface area contributed by atoms with Crippen molar-refractivity contribution in [1.29, 1.82) is 0 Å². The summed E-state index contributed by atoms with van der Waals surface area (Å²) in [5, 5.41) is 7.63. The molecule has 0 aliphatic heterocycles. The number of anilines is 1. The van der Waals surface area contributed by atoms with Gasteiger partial charge in [-0.15, -0.1) is 0 Å². The second-order valence-electron chi connectivity index (χ2n) is 4.27. The lowest BCUT2D eigenvalue weighted by Crippen LogP contribution is -2.20. The molecule has 21 heavy (non-hydrogen) atoms. The highest BCUT2D eigenvalue weighted by atomic mass is 32.2. The molecule has 0 radical (unpaired) electrons. The van der Waals surface area contributed by atoms with E-state index in [-0.39, 0.29) is 29.3 Å². The third-order valence-corrected chi connectivity index (χ3v) is 3.61. The summed E-state index contributed by atoms with van der Waals surface area (Å²) in [5.74, 6) is -0.233. The van der Waals surface area contributed by atoms with Crippen LogP contribution in [0.2, 0.25) is 0 Å². The molecule has 0 aromatic heterocycles. The maximum Gasteiger partial charge on any atom is 0.416 e. The van der Waals surface area contributed by atoms with Crippen molar-refractivity contribution in [3.05, 3.63) is 29.3 Å². The number of rotatable bonds is 6. The van der Waals surface area contributed by atoms with Gasteiger partial charge in [0, 0.05) is 17.8 Å². The number of thiocarbonyl (C=S) groups is 1. The van der Waals surface area contributed by atoms with Crippen LogP contribution in [0.15, 0.2) is 18.2 Å². The highest BCUT2D eigenvalue weighted by Crippen LogP contribution is 2.31. The molecule has 10 heteroatoms. The fraction of sp³-hybridized carbons (Fsp3) is 0.364. The molecule has 0 saturated heterocycles. The zero-order valence-electron chi connectivity index (χ0n) is 10.8. The number of alkyl halides is 3. The van der Waals surface area contributed by atoms with Gasteiger partial charge in [0.25, 0.3) is 0 Å². The molecule has 118 valence electrons. The molecule has 0 aliphatic rings. The highest BCUT2D eigenvalue weighted by Gasteiger charge is 2.31. The molecule has 0 fully saturated rings. The first-order chi connectivity index (χ1) is 9.50. The minimum Gasteiger partial charge on any atom is -0.389 e. The number of primary sulfonamides is 1. The average Bonchev–Trinajstić information content (AvgIpc) is 2.32. The molecule has 0 aliphatic carbocycles. The predicted octanol–water partition coefficient (Wildman–Crippen LogP) is 1.43. The van der Waals surface area contributed by atoms with Gasteiger partial charge >= 0.3 is 6.18 Å². The van der Waals surface area contributed by atoms with Gasteiger partial charge in [0.05, 0.1) is 11.3 Å². The van der Waals surface area contributed by atoms with Gasteiger partial charge in [0.2, 0.25) is 10.0 Å². The molecule has 0 bridgehead atoms. The third kappa shape index (κ3) is 5.86. The second-order valence-corrected chi connectivity index (χ2v) is 6.44. The first kappa shape index (κ1) is 17.7. The van der Waals surface area contributed by atoms with E-state index in [1.165, 1.54) is 6.07 Å². The summed E-state index contributed by atoms with van der Waals surface area (Å²) in [6, 6.07) is 2.95. The van der Waals surface area contributed by atoms with E-state index in [0.717, 1.165) is 12.1 Å². The van der Waals surface area contributed by atoms with Crippen molar-refractivity contribution in [2.45, 2.75) is 12.6 Å². The molecule has 0 heterocycles. The largest absolute Gasteiger partial charge is 0.416 e. The van der Waals surface area contributed by atoms with Gasteiger partial charge in [-0.25, -0.2) is 13.6 Å². The Kier molecular flexibility index (Phi) is 5.54. The smallest absolute Gasteiger partial charge is 0.389 e. The van der Waals surface area contributed by atoms with E-state index in [2.05, 4.69) is 5.32 Å². The zero-order valence-corrected chi connectivity index (χ0v) is 12.4. The lowest BCUT2D eigenvalue weighted by atomic mass is 10.1. The molecule has 1 aromatic rings. The van der Waals surface area contributed by atoms with Gasteiger partial charge in [0.15, 0.2) is 0 Å². The minimum absolute atomic E-state index is 0.0513. The fourth-order valence-corrected chi connectivity index (χ4v) is 2.29. The molecule has 1 rings (SSSR count). The van der Waals surface area contributed by atoms with E-state index in [0.29, 0.717) is 5.69 Å². The SMILES string of the molecule is NC(=S)c1cc(C(F)(F)F)ccc1NCCCS(N)(=O)=O. The number of hydrogen-bond acceptors (Lipinski definition) is 4. The lowest BCUT2D eigenvalue weighted by molar-refractivity contribution is -0.137. The Morgan fingerprint density at radius 2 is 1.95 bits per heavy atom. The Bertz CT molecular complexity index is 630. The number of benzene rings is 1. The number of hydrogen-bond donors (Lipinski definition) is 3. The number of nitrogens with one attached hydrogen (secondary N) is 1. The van der Waals surface area contributed by atoms with Crippen LogP contribution < -0.4 is 16.2 Å². The molecule has 1 aromatic carbocycles. The van der Waals surface area contributed by atoms with Crippen molar-refractivity contribution >= 4 is 32.9 Å². The van der Waals surface area contributed by atoms with Crippen LogP contribution in [0.1, 0.15) is 17.5 Å². The summed E-state index contributed by atoms with van der Waals surface area (Å²) >= 11 is 4.72. The van der Waals surface area contributed by atoms with Crippen molar-refractivity contribution in [3.8, 4) is 0 Å². The van der Waals surface area contributed by atoms with Crippen LogP contribution in [0.3, 0.4) is 0 Å². The Balaban J connectivity index is 2.85. The van der Waals surface area contributed by atoms with Gasteiger partial charge in [0.1, 0.15) is 4.99 Å². The van der Waals surface area contributed by atoms with E-state index in [9.17, 15) is 21.6 Å². The van der Waals surface area contributed by atoms with Gasteiger partial charge in [-0.05, 0) is 24.6 Å². The van der Waals surface area contributed by atoms with Crippen LogP contribution >= 0.6 is 12.2 Å². The molecule has 5 N–H and O–H groups in total. The first-order valence-electron chi connectivity index (χ1n) is 5.76. The van der Waals surface area contributed by atoms with Crippen LogP contribution in [0.4, 0.5) is 18.9 Å².